The smallest absolute Gasteiger partial charge is 0.212 e. The topological polar surface area (TPSA) is 81.4 Å². The molecule has 1 heterocycles. The van der Waals surface area contributed by atoms with Crippen molar-refractivity contribution in [1.82, 2.24) is 4.72 Å². The number of ether oxygens (including phenoxy) is 1. The minimum atomic E-state index is -3.27. The maximum Gasteiger partial charge on any atom is 0.212 e. The molecule has 1 aliphatic heterocycles. The van der Waals surface area contributed by atoms with Crippen molar-refractivity contribution in [1.29, 1.82) is 0 Å². The molecule has 1 saturated heterocycles. The number of thioether (sulfide) groups is 1. The fourth-order valence-corrected chi connectivity index (χ4v) is 4.86. The van der Waals surface area contributed by atoms with E-state index in [0.29, 0.717) is 11.4 Å². The SMILES string of the molecule is CC(NS(=O)(=O)CCSc1ccc(N)cc1)C1CCCO1. The van der Waals surface area contributed by atoms with Crippen LogP contribution < -0.4 is 10.5 Å². The molecule has 3 N–H and O–H groups in total. The summed E-state index contributed by atoms with van der Waals surface area (Å²) in [5.41, 5.74) is 6.32. The average molecular weight is 330 g/mol. The fraction of sp³-hybridized carbons (Fsp3) is 0.571. The van der Waals surface area contributed by atoms with Gasteiger partial charge in [-0.2, -0.15) is 0 Å². The first kappa shape index (κ1) is 16.6. The lowest BCUT2D eigenvalue weighted by Gasteiger charge is -2.19. The second-order valence-electron chi connectivity index (χ2n) is 5.19. The van der Waals surface area contributed by atoms with Crippen LogP contribution in [-0.2, 0) is 14.8 Å². The quantitative estimate of drug-likeness (QED) is 0.589. The third kappa shape index (κ3) is 5.50. The van der Waals surface area contributed by atoms with E-state index in [9.17, 15) is 8.42 Å². The number of nitrogens with one attached hydrogen (secondary N) is 1. The Hall–Kier alpha value is -0.760. The molecule has 5 nitrogen and oxygen atoms in total. The van der Waals surface area contributed by atoms with Crippen molar-refractivity contribution in [3.8, 4) is 0 Å². The number of benzene rings is 1. The van der Waals surface area contributed by atoms with E-state index < -0.39 is 10.0 Å². The summed E-state index contributed by atoms with van der Waals surface area (Å²) in [6, 6.07) is 7.26. The van der Waals surface area contributed by atoms with Gasteiger partial charge >= 0.3 is 0 Å². The van der Waals surface area contributed by atoms with Gasteiger partial charge in [-0.1, -0.05) is 0 Å². The number of sulfonamides is 1. The summed E-state index contributed by atoms with van der Waals surface area (Å²) in [4.78, 5) is 1.02. The van der Waals surface area contributed by atoms with Crippen molar-refractivity contribution in [2.45, 2.75) is 36.8 Å². The van der Waals surface area contributed by atoms with Crippen LogP contribution in [0.4, 0.5) is 5.69 Å². The Kier molecular flexibility index (Phi) is 5.92. The molecule has 1 aromatic carbocycles. The fourth-order valence-electron chi connectivity index (χ4n) is 2.25. The van der Waals surface area contributed by atoms with E-state index in [1.165, 1.54) is 11.8 Å². The Labute approximate surface area is 130 Å². The molecule has 1 aromatic rings. The van der Waals surface area contributed by atoms with Crippen molar-refractivity contribution in [2.75, 3.05) is 23.8 Å². The van der Waals surface area contributed by atoms with E-state index in [2.05, 4.69) is 4.72 Å². The van der Waals surface area contributed by atoms with Crippen molar-refractivity contribution < 1.29 is 13.2 Å². The summed E-state index contributed by atoms with van der Waals surface area (Å²) in [6.07, 6.45) is 1.93. The molecule has 0 spiro atoms. The Morgan fingerprint density at radius 1 is 1.43 bits per heavy atom. The van der Waals surface area contributed by atoms with Crippen molar-refractivity contribution in [3.05, 3.63) is 24.3 Å². The highest BCUT2D eigenvalue weighted by Crippen LogP contribution is 2.20. The first-order chi connectivity index (χ1) is 9.96. The van der Waals surface area contributed by atoms with Gasteiger partial charge in [-0.3, -0.25) is 0 Å². The van der Waals surface area contributed by atoms with Crippen LogP contribution in [0.2, 0.25) is 0 Å². The van der Waals surface area contributed by atoms with Gasteiger partial charge in [0.15, 0.2) is 0 Å². The van der Waals surface area contributed by atoms with Crippen LogP contribution in [-0.4, -0.2) is 38.7 Å². The highest BCUT2D eigenvalue weighted by molar-refractivity contribution is 8.00. The first-order valence-corrected chi connectivity index (χ1v) is 9.70. The highest BCUT2D eigenvalue weighted by Gasteiger charge is 2.25. The number of rotatable bonds is 7. The molecule has 7 heteroatoms. The third-order valence-electron chi connectivity index (χ3n) is 3.39. The lowest BCUT2D eigenvalue weighted by Crippen LogP contribution is -2.42. The minimum Gasteiger partial charge on any atom is -0.399 e. The number of nitrogen functional groups attached to an aromatic ring is 1. The highest BCUT2D eigenvalue weighted by atomic mass is 32.2. The van der Waals surface area contributed by atoms with Gasteiger partial charge in [0.25, 0.3) is 0 Å². The molecule has 0 aromatic heterocycles. The Morgan fingerprint density at radius 2 is 2.14 bits per heavy atom. The van der Waals surface area contributed by atoms with Gasteiger partial charge in [0.2, 0.25) is 10.0 Å². The lowest BCUT2D eigenvalue weighted by atomic mass is 10.1. The van der Waals surface area contributed by atoms with Gasteiger partial charge in [0.1, 0.15) is 0 Å². The lowest BCUT2D eigenvalue weighted by molar-refractivity contribution is 0.0902. The monoisotopic (exact) mass is 330 g/mol. The number of hydrogen-bond acceptors (Lipinski definition) is 5. The van der Waals surface area contributed by atoms with E-state index in [1.54, 1.807) is 0 Å². The van der Waals surface area contributed by atoms with Crippen molar-refractivity contribution >= 4 is 27.5 Å². The molecule has 0 radical (unpaired) electrons. The zero-order chi connectivity index (χ0) is 15.3. The molecule has 1 fully saturated rings. The Morgan fingerprint density at radius 3 is 2.76 bits per heavy atom. The first-order valence-electron chi connectivity index (χ1n) is 7.06. The van der Waals surface area contributed by atoms with Gasteiger partial charge in [0.05, 0.1) is 11.9 Å². The van der Waals surface area contributed by atoms with E-state index in [4.69, 9.17) is 10.5 Å². The summed E-state index contributed by atoms with van der Waals surface area (Å²) in [5.74, 6) is 0.608. The second kappa shape index (κ2) is 7.49. The van der Waals surface area contributed by atoms with Crippen LogP contribution in [0.25, 0.3) is 0 Å². The molecule has 2 atom stereocenters. The van der Waals surface area contributed by atoms with E-state index >= 15 is 0 Å². The molecule has 1 aliphatic rings. The number of nitrogens with two attached hydrogens (primary N) is 1. The van der Waals surface area contributed by atoms with Crippen molar-refractivity contribution in [3.63, 3.8) is 0 Å². The molecular formula is C14H22N2O3S2. The number of anilines is 1. The van der Waals surface area contributed by atoms with Gasteiger partial charge in [-0.15, -0.1) is 11.8 Å². The largest absolute Gasteiger partial charge is 0.399 e. The third-order valence-corrected chi connectivity index (χ3v) is 6.13. The molecular weight excluding hydrogens is 308 g/mol. The van der Waals surface area contributed by atoms with Gasteiger partial charge in [-0.05, 0) is 44.0 Å². The van der Waals surface area contributed by atoms with Crippen LogP contribution in [0.1, 0.15) is 19.8 Å². The summed E-state index contributed by atoms with van der Waals surface area (Å²) in [5, 5.41) is 0. The second-order valence-corrected chi connectivity index (χ2v) is 8.24. The molecule has 0 bridgehead atoms. The summed E-state index contributed by atoms with van der Waals surface area (Å²) in [7, 11) is -3.27. The van der Waals surface area contributed by atoms with E-state index in [1.807, 2.05) is 31.2 Å². The van der Waals surface area contributed by atoms with Crippen LogP contribution >= 0.6 is 11.8 Å². The standard InChI is InChI=1S/C14H22N2O3S2/c1-11(14-3-2-8-19-14)16-21(17,18)10-9-20-13-6-4-12(15)5-7-13/h4-7,11,14,16H,2-3,8-10,15H2,1H3. The van der Waals surface area contributed by atoms with Crippen LogP contribution in [0.3, 0.4) is 0 Å². The molecule has 118 valence electrons. The number of hydrogen-bond donors (Lipinski definition) is 2. The summed E-state index contributed by atoms with van der Waals surface area (Å²) < 4.78 is 32.3. The molecule has 0 amide bonds. The predicted octanol–water partition coefficient (Wildman–Crippen LogP) is 1.85. The maximum absolute atomic E-state index is 12.0. The summed E-state index contributed by atoms with van der Waals surface area (Å²) in [6.45, 7) is 2.59. The van der Waals surface area contributed by atoms with Crippen LogP contribution in [0, 0.1) is 0 Å². The zero-order valence-electron chi connectivity index (χ0n) is 12.1. The van der Waals surface area contributed by atoms with Crippen LogP contribution in [0.5, 0.6) is 0 Å². The molecule has 2 rings (SSSR count). The van der Waals surface area contributed by atoms with Crippen molar-refractivity contribution in [2.24, 2.45) is 0 Å². The van der Waals surface area contributed by atoms with Gasteiger partial charge in [0, 0.05) is 29.0 Å². The summed E-state index contributed by atoms with van der Waals surface area (Å²) >= 11 is 1.51. The molecule has 0 saturated carbocycles. The molecule has 0 aliphatic carbocycles. The molecule has 21 heavy (non-hydrogen) atoms. The Balaban J connectivity index is 1.76. The normalized spacial score (nSPS) is 20.5. The Bertz CT molecular complexity index is 540. The van der Waals surface area contributed by atoms with Crippen LogP contribution in [0.15, 0.2) is 29.2 Å². The van der Waals surface area contributed by atoms with Gasteiger partial charge < -0.3 is 10.5 Å². The average Bonchev–Trinajstić information content (AvgIpc) is 2.94. The van der Waals surface area contributed by atoms with E-state index in [0.717, 1.165) is 24.3 Å². The zero-order valence-corrected chi connectivity index (χ0v) is 13.8. The van der Waals surface area contributed by atoms with E-state index in [-0.39, 0.29) is 17.9 Å². The molecule has 2 unspecified atom stereocenters. The van der Waals surface area contributed by atoms with Gasteiger partial charge in [-0.25, -0.2) is 13.1 Å². The predicted molar refractivity (Wildman–Crippen MR) is 86.9 cm³/mol. The minimum absolute atomic E-state index is 0.00419. The maximum atomic E-state index is 12.0.